The molecule has 4 nitrogen and oxygen atoms in total. The van der Waals surface area contributed by atoms with E-state index in [1.807, 2.05) is 24.3 Å². The highest BCUT2D eigenvalue weighted by molar-refractivity contribution is 5.92. The molecule has 1 amide bonds. The van der Waals surface area contributed by atoms with Crippen molar-refractivity contribution in [2.24, 2.45) is 17.6 Å². The van der Waals surface area contributed by atoms with E-state index in [2.05, 4.69) is 5.32 Å². The van der Waals surface area contributed by atoms with E-state index >= 15 is 0 Å². The predicted molar refractivity (Wildman–Crippen MR) is 78.6 cm³/mol. The molecule has 2 aliphatic carbocycles. The van der Waals surface area contributed by atoms with Gasteiger partial charge in [-0.1, -0.05) is 0 Å². The molecule has 0 heterocycles. The molecule has 2 saturated carbocycles. The van der Waals surface area contributed by atoms with E-state index in [1.165, 1.54) is 12.8 Å². The molecule has 2 aliphatic rings. The second kappa shape index (κ2) is 5.83. The average molecular weight is 274 g/mol. The quantitative estimate of drug-likeness (QED) is 0.867. The third-order valence-corrected chi connectivity index (χ3v) is 4.15. The van der Waals surface area contributed by atoms with Crippen LogP contribution in [0.15, 0.2) is 24.3 Å². The van der Waals surface area contributed by atoms with Crippen LogP contribution in [0.1, 0.15) is 32.1 Å². The normalized spacial score (nSPS) is 25.4. The summed E-state index contributed by atoms with van der Waals surface area (Å²) in [5, 5.41) is 2.96. The highest BCUT2D eigenvalue weighted by atomic mass is 16.5. The number of anilines is 1. The zero-order valence-corrected chi connectivity index (χ0v) is 11.7. The van der Waals surface area contributed by atoms with Gasteiger partial charge in [-0.25, -0.2) is 0 Å². The van der Waals surface area contributed by atoms with Crippen molar-refractivity contribution in [3.8, 4) is 5.75 Å². The lowest BCUT2D eigenvalue weighted by Crippen LogP contribution is -2.23. The monoisotopic (exact) mass is 274 g/mol. The molecule has 1 aromatic rings. The van der Waals surface area contributed by atoms with Crippen LogP contribution in [0.4, 0.5) is 5.69 Å². The molecule has 0 bridgehead atoms. The fraction of sp³-hybridized carbons (Fsp3) is 0.562. The fourth-order valence-corrected chi connectivity index (χ4v) is 2.63. The molecule has 4 heteroatoms. The number of hydrogen-bond acceptors (Lipinski definition) is 3. The van der Waals surface area contributed by atoms with Gasteiger partial charge in [0.2, 0.25) is 5.91 Å². The van der Waals surface area contributed by atoms with Crippen LogP contribution in [-0.4, -0.2) is 18.6 Å². The Morgan fingerprint density at radius 2 is 1.95 bits per heavy atom. The van der Waals surface area contributed by atoms with Crippen molar-refractivity contribution >= 4 is 11.6 Å². The first-order valence-corrected chi connectivity index (χ1v) is 7.50. The summed E-state index contributed by atoms with van der Waals surface area (Å²) in [5.41, 5.74) is 6.67. The summed E-state index contributed by atoms with van der Waals surface area (Å²) in [6, 6.07) is 7.81. The number of nitrogens with two attached hydrogens (primary N) is 1. The fourth-order valence-electron chi connectivity index (χ4n) is 2.63. The van der Waals surface area contributed by atoms with E-state index in [1.54, 1.807) is 0 Å². The van der Waals surface area contributed by atoms with Crippen molar-refractivity contribution in [3.63, 3.8) is 0 Å². The summed E-state index contributed by atoms with van der Waals surface area (Å²) in [7, 11) is 0. The first-order valence-electron chi connectivity index (χ1n) is 7.50. The van der Waals surface area contributed by atoms with Gasteiger partial charge in [-0.2, -0.15) is 0 Å². The van der Waals surface area contributed by atoms with Crippen LogP contribution in [0.3, 0.4) is 0 Å². The lowest BCUT2D eigenvalue weighted by Gasteiger charge is -2.11. The molecule has 0 aliphatic heterocycles. The van der Waals surface area contributed by atoms with Crippen molar-refractivity contribution in [3.05, 3.63) is 24.3 Å². The van der Waals surface area contributed by atoms with Crippen LogP contribution in [0.5, 0.6) is 5.75 Å². The van der Waals surface area contributed by atoms with Crippen molar-refractivity contribution < 1.29 is 9.53 Å². The second-order valence-electron chi connectivity index (χ2n) is 6.04. The molecule has 3 N–H and O–H groups in total. The summed E-state index contributed by atoms with van der Waals surface area (Å²) >= 11 is 0. The molecule has 2 fully saturated rings. The molecule has 0 aromatic heterocycles. The Balaban J connectivity index is 1.50. The van der Waals surface area contributed by atoms with E-state index in [0.717, 1.165) is 43.2 Å². The Labute approximate surface area is 119 Å². The number of carbonyl (C=O) groups excluding carboxylic acids is 1. The van der Waals surface area contributed by atoms with E-state index in [4.69, 9.17) is 10.5 Å². The molecule has 2 unspecified atom stereocenters. The Bertz CT molecular complexity index is 468. The van der Waals surface area contributed by atoms with Crippen molar-refractivity contribution in [1.82, 2.24) is 0 Å². The minimum Gasteiger partial charge on any atom is -0.493 e. The number of benzene rings is 1. The van der Waals surface area contributed by atoms with Gasteiger partial charge in [-0.15, -0.1) is 0 Å². The van der Waals surface area contributed by atoms with E-state index in [0.29, 0.717) is 0 Å². The average Bonchev–Trinajstić information content (AvgIpc) is 3.18. The number of carbonyl (C=O) groups is 1. The highest BCUT2D eigenvalue weighted by Gasteiger charge is 2.27. The van der Waals surface area contributed by atoms with Gasteiger partial charge in [0.25, 0.3) is 0 Å². The van der Waals surface area contributed by atoms with Gasteiger partial charge in [0.15, 0.2) is 0 Å². The SMILES string of the molecule is NC1CCC(C(=O)Nc2ccc(OCC3CC3)cc2)C1. The second-order valence-corrected chi connectivity index (χ2v) is 6.04. The molecule has 0 radical (unpaired) electrons. The van der Waals surface area contributed by atoms with Crippen LogP contribution >= 0.6 is 0 Å². The van der Waals surface area contributed by atoms with Gasteiger partial charge in [0.05, 0.1) is 6.61 Å². The number of hydrogen-bond donors (Lipinski definition) is 2. The Morgan fingerprint density at radius 1 is 1.20 bits per heavy atom. The van der Waals surface area contributed by atoms with Gasteiger partial charge < -0.3 is 15.8 Å². The van der Waals surface area contributed by atoms with Crippen molar-refractivity contribution in [2.75, 3.05) is 11.9 Å². The summed E-state index contributed by atoms with van der Waals surface area (Å²) in [6.07, 6.45) is 5.23. The smallest absolute Gasteiger partial charge is 0.227 e. The third kappa shape index (κ3) is 3.51. The molecule has 108 valence electrons. The predicted octanol–water partition coefficient (Wildman–Crippen LogP) is 2.54. The van der Waals surface area contributed by atoms with Crippen LogP contribution in [0.2, 0.25) is 0 Å². The first-order chi connectivity index (χ1) is 9.70. The van der Waals surface area contributed by atoms with E-state index in [9.17, 15) is 4.79 Å². The zero-order chi connectivity index (χ0) is 13.9. The summed E-state index contributed by atoms with van der Waals surface area (Å²) < 4.78 is 5.67. The highest BCUT2D eigenvalue weighted by Crippen LogP contribution is 2.30. The Hall–Kier alpha value is -1.55. The van der Waals surface area contributed by atoms with Crippen molar-refractivity contribution in [2.45, 2.75) is 38.1 Å². The van der Waals surface area contributed by atoms with Gasteiger partial charge in [0, 0.05) is 17.6 Å². The number of ether oxygens (including phenoxy) is 1. The van der Waals surface area contributed by atoms with Crippen LogP contribution in [0, 0.1) is 11.8 Å². The zero-order valence-electron chi connectivity index (χ0n) is 11.7. The summed E-state index contributed by atoms with van der Waals surface area (Å²) in [6.45, 7) is 0.811. The van der Waals surface area contributed by atoms with Crippen LogP contribution < -0.4 is 15.8 Å². The largest absolute Gasteiger partial charge is 0.493 e. The summed E-state index contributed by atoms with van der Waals surface area (Å²) in [5.74, 6) is 1.78. The molecule has 1 aromatic carbocycles. The maximum Gasteiger partial charge on any atom is 0.227 e. The van der Waals surface area contributed by atoms with E-state index < -0.39 is 0 Å². The first kappa shape index (κ1) is 13.4. The van der Waals surface area contributed by atoms with E-state index in [-0.39, 0.29) is 17.9 Å². The minimum absolute atomic E-state index is 0.0655. The lowest BCUT2D eigenvalue weighted by atomic mass is 10.1. The molecular weight excluding hydrogens is 252 g/mol. The van der Waals surface area contributed by atoms with Crippen LogP contribution in [0.25, 0.3) is 0 Å². The number of rotatable bonds is 5. The van der Waals surface area contributed by atoms with Crippen LogP contribution in [-0.2, 0) is 4.79 Å². The molecule has 0 spiro atoms. The third-order valence-electron chi connectivity index (χ3n) is 4.15. The molecule has 3 rings (SSSR count). The molecular formula is C16H22N2O2. The Morgan fingerprint density at radius 3 is 2.55 bits per heavy atom. The van der Waals surface area contributed by atoms with Gasteiger partial charge >= 0.3 is 0 Å². The summed E-state index contributed by atoms with van der Waals surface area (Å²) in [4.78, 5) is 12.1. The lowest BCUT2D eigenvalue weighted by molar-refractivity contribution is -0.119. The number of nitrogens with one attached hydrogen (secondary N) is 1. The standard InChI is InChI=1S/C16H22N2O2/c17-13-4-3-12(9-13)16(19)18-14-5-7-15(8-6-14)20-10-11-1-2-11/h5-8,11-13H,1-4,9-10,17H2,(H,18,19). The Kier molecular flexibility index (Phi) is 3.92. The van der Waals surface area contributed by atoms with Crippen molar-refractivity contribution in [1.29, 1.82) is 0 Å². The molecule has 0 saturated heterocycles. The van der Waals surface area contributed by atoms with Gasteiger partial charge in [-0.05, 0) is 62.3 Å². The topological polar surface area (TPSA) is 64.4 Å². The maximum absolute atomic E-state index is 12.1. The maximum atomic E-state index is 12.1. The number of amides is 1. The molecule has 2 atom stereocenters. The van der Waals surface area contributed by atoms with Gasteiger partial charge in [-0.3, -0.25) is 4.79 Å². The van der Waals surface area contributed by atoms with Gasteiger partial charge in [0.1, 0.15) is 5.75 Å². The minimum atomic E-state index is 0.0655. The molecule has 20 heavy (non-hydrogen) atoms.